The number of anilines is 1. The summed E-state index contributed by atoms with van der Waals surface area (Å²) in [5, 5.41) is 12.4. The van der Waals surface area contributed by atoms with Gasteiger partial charge in [0.1, 0.15) is 0 Å². The summed E-state index contributed by atoms with van der Waals surface area (Å²) < 4.78 is 8.76. The molecule has 2 heterocycles. The van der Waals surface area contributed by atoms with Crippen LogP contribution in [0.2, 0.25) is 10.0 Å². The SMILES string of the molecule is Cc1nn(-c2ccc(Cl)c(Cl)c2)c(C)c1CC(=O)OC(C)C(=O)Nc1c(C)nn(C)c1C. The molecular formula is C22H25Cl2N5O3. The fraction of sp³-hybridized carbons (Fsp3) is 0.364. The molecule has 0 aliphatic heterocycles. The molecule has 1 aromatic carbocycles. The van der Waals surface area contributed by atoms with Gasteiger partial charge in [0.05, 0.1) is 44.9 Å². The summed E-state index contributed by atoms with van der Waals surface area (Å²) in [6.45, 7) is 8.86. The fourth-order valence-electron chi connectivity index (χ4n) is 3.42. The summed E-state index contributed by atoms with van der Waals surface area (Å²) >= 11 is 12.1. The van der Waals surface area contributed by atoms with Crippen molar-refractivity contribution in [3.8, 4) is 5.69 Å². The number of benzene rings is 1. The van der Waals surface area contributed by atoms with Gasteiger partial charge in [-0.2, -0.15) is 10.2 Å². The van der Waals surface area contributed by atoms with Gasteiger partial charge in [-0.05, 0) is 52.8 Å². The standard InChI is InChI=1S/C22H25Cl2N5O3/c1-11-17(13(3)29(27-11)16-7-8-18(23)19(24)9-16)10-20(30)32-15(5)22(31)25-21-12(2)26-28(6)14(21)4/h7-9,15H,10H2,1-6H3,(H,25,31). The van der Waals surface area contributed by atoms with Crippen molar-refractivity contribution in [3.05, 3.63) is 56.6 Å². The Labute approximate surface area is 196 Å². The molecule has 1 N–H and O–H groups in total. The fourth-order valence-corrected chi connectivity index (χ4v) is 3.71. The van der Waals surface area contributed by atoms with E-state index in [0.29, 0.717) is 27.1 Å². The maximum atomic E-state index is 12.6. The van der Waals surface area contributed by atoms with Crippen LogP contribution >= 0.6 is 23.2 Å². The average Bonchev–Trinajstić information content (AvgIpc) is 3.13. The smallest absolute Gasteiger partial charge is 0.311 e. The summed E-state index contributed by atoms with van der Waals surface area (Å²) in [6.07, 6.45) is -0.978. The maximum absolute atomic E-state index is 12.6. The Morgan fingerprint density at radius 2 is 1.75 bits per heavy atom. The molecule has 0 fully saturated rings. The molecule has 3 aromatic rings. The van der Waals surface area contributed by atoms with Gasteiger partial charge >= 0.3 is 5.97 Å². The summed E-state index contributed by atoms with van der Waals surface area (Å²) in [7, 11) is 1.80. The number of nitrogens with one attached hydrogen (secondary N) is 1. The molecule has 2 aromatic heterocycles. The van der Waals surface area contributed by atoms with Gasteiger partial charge in [0.2, 0.25) is 0 Å². The van der Waals surface area contributed by atoms with Crippen molar-refractivity contribution in [2.75, 3.05) is 5.32 Å². The van der Waals surface area contributed by atoms with Crippen molar-refractivity contribution < 1.29 is 14.3 Å². The molecule has 10 heteroatoms. The molecular weight excluding hydrogens is 453 g/mol. The third kappa shape index (κ3) is 4.81. The van der Waals surface area contributed by atoms with E-state index >= 15 is 0 Å². The van der Waals surface area contributed by atoms with Gasteiger partial charge in [-0.1, -0.05) is 23.2 Å². The van der Waals surface area contributed by atoms with Gasteiger partial charge in [-0.25, -0.2) is 4.68 Å². The number of aryl methyl sites for hydroxylation is 3. The van der Waals surface area contributed by atoms with Crippen LogP contribution in [0.1, 0.15) is 35.3 Å². The quantitative estimate of drug-likeness (QED) is 0.535. The number of aromatic nitrogens is 4. The zero-order chi connectivity index (χ0) is 23.7. The number of rotatable bonds is 6. The number of nitrogens with zero attached hydrogens (tertiary/aromatic N) is 4. The molecule has 0 saturated carbocycles. The lowest BCUT2D eigenvalue weighted by Crippen LogP contribution is -2.31. The zero-order valence-electron chi connectivity index (χ0n) is 18.8. The van der Waals surface area contributed by atoms with Crippen LogP contribution in [-0.4, -0.2) is 37.5 Å². The van der Waals surface area contributed by atoms with Gasteiger partial charge < -0.3 is 10.1 Å². The first-order valence-corrected chi connectivity index (χ1v) is 10.8. The largest absolute Gasteiger partial charge is 0.452 e. The predicted octanol–water partition coefficient (Wildman–Crippen LogP) is 4.26. The zero-order valence-corrected chi connectivity index (χ0v) is 20.3. The van der Waals surface area contributed by atoms with E-state index in [-0.39, 0.29) is 6.42 Å². The summed E-state index contributed by atoms with van der Waals surface area (Å²) in [5.41, 5.74) is 5.05. The van der Waals surface area contributed by atoms with Crippen molar-refractivity contribution >= 4 is 40.8 Å². The second-order valence-corrected chi connectivity index (χ2v) is 8.44. The summed E-state index contributed by atoms with van der Waals surface area (Å²) in [5.74, 6) is -0.940. The number of ether oxygens (including phenoxy) is 1. The average molecular weight is 478 g/mol. The Hall–Kier alpha value is -2.84. The summed E-state index contributed by atoms with van der Waals surface area (Å²) in [6, 6.07) is 5.19. The van der Waals surface area contributed by atoms with Crippen LogP contribution in [0.3, 0.4) is 0 Å². The minimum absolute atomic E-state index is 0.0123. The van der Waals surface area contributed by atoms with E-state index in [4.69, 9.17) is 27.9 Å². The maximum Gasteiger partial charge on any atom is 0.311 e. The number of amides is 1. The monoisotopic (exact) mass is 477 g/mol. The Bertz CT molecular complexity index is 1200. The van der Waals surface area contributed by atoms with E-state index in [1.807, 2.05) is 20.8 Å². The Morgan fingerprint density at radius 3 is 2.34 bits per heavy atom. The molecule has 0 bridgehead atoms. The van der Waals surface area contributed by atoms with E-state index < -0.39 is 18.0 Å². The van der Waals surface area contributed by atoms with Gasteiger partial charge in [0.25, 0.3) is 5.91 Å². The molecule has 32 heavy (non-hydrogen) atoms. The van der Waals surface area contributed by atoms with E-state index in [0.717, 1.165) is 22.6 Å². The molecule has 1 amide bonds. The van der Waals surface area contributed by atoms with Crippen LogP contribution in [0, 0.1) is 27.7 Å². The van der Waals surface area contributed by atoms with Crippen LogP contribution in [0.25, 0.3) is 5.69 Å². The Balaban J connectivity index is 1.70. The van der Waals surface area contributed by atoms with E-state index in [1.54, 1.807) is 41.5 Å². The van der Waals surface area contributed by atoms with Crippen LogP contribution in [0.15, 0.2) is 18.2 Å². The van der Waals surface area contributed by atoms with Crippen LogP contribution in [-0.2, 0) is 27.8 Å². The molecule has 0 radical (unpaired) electrons. The van der Waals surface area contributed by atoms with E-state index in [9.17, 15) is 9.59 Å². The second-order valence-electron chi connectivity index (χ2n) is 7.63. The van der Waals surface area contributed by atoms with E-state index in [1.165, 1.54) is 6.92 Å². The van der Waals surface area contributed by atoms with Gasteiger partial charge in [0, 0.05) is 18.3 Å². The van der Waals surface area contributed by atoms with Gasteiger partial charge in [-0.15, -0.1) is 0 Å². The number of halogens is 2. The lowest BCUT2D eigenvalue weighted by Gasteiger charge is -2.14. The molecule has 1 unspecified atom stereocenters. The molecule has 0 saturated heterocycles. The van der Waals surface area contributed by atoms with Crippen LogP contribution in [0.4, 0.5) is 5.69 Å². The number of carbonyl (C=O) groups is 2. The summed E-state index contributed by atoms with van der Waals surface area (Å²) in [4.78, 5) is 25.1. The molecule has 1 atom stereocenters. The number of hydrogen-bond donors (Lipinski definition) is 1. The molecule has 8 nitrogen and oxygen atoms in total. The Kier molecular flexibility index (Phi) is 6.95. The molecule has 0 spiro atoms. The highest BCUT2D eigenvalue weighted by molar-refractivity contribution is 6.42. The first-order chi connectivity index (χ1) is 15.0. The Morgan fingerprint density at radius 1 is 1.06 bits per heavy atom. The lowest BCUT2D eigenvalue weighted by molar-refractivity contribution is -0.152. The molecule has 170 valence electrons. The minimum Gasteiger partial charge on any atom is -0.452 e. The van der Waals surface area contributed by atoms with Crippen molar-refractivity contribution in [1.82, 2.24) is 19.6 Å². The first-order valence-electron chi connectivity index (χ1n) is 10.0. The van der Waals surface area contributed by atoms with Gasteiger partial charge in [0.15, 0.2) is 6.10 Å². The highest BCUT2D eigenvalue weighted by Gasteiger charge is 2.23. The molecule has 3 rings (SSSR count). The van der Waals surface area contributed by atoms with Gasteiger partial charge in [-0.3, -0.25) is 14.3 Å². The highest BCUT2D eigenvalue weighted by atomic mass is 35.5. The van der Waals surface area contributed by atoms with E-state index in [2.05, 4.69) is 15.5 Å². The minimum atomic E-state index is -0.966. The van der Waals surface area contributed by atoms with Crippen molar-refractivity contribution in [2.24, 2.45) is 7.05 Å². The normalized spacial score (nSPS) is 12.0. The van der Waals surface area contributed by atoms with Crippen molar-refractivity contribution in [2.45, 2.75) is 47.1 Å². The molecule has 0 aliphatic rings. The lowest BCUT2D eigenvalue weighted by atomic mass is 10.1. The number of carbonyl (C=O) groups excluding carboxylic acids is 2. The topological polar surface area (TPSA) is 91.0 Å². The third-order valence-electron chi connectivity index (χ3n) is 5.34. The predicted molar refractivity (Wildman–Crippen MR) is 124 cm³/mol. The van der Waals surface area contributed by atoms with Crippen LogP contribution < -0.4 is 5.32 Å². The third-order valence-corrected chi connectivity index (χ3v) is 6.08. The molecule has 0 aliphatic carbocycles. The van der Waals surface area contributed by atoms with Crippen molar-refractivity contribution in [3.63, 3.8) is 0 Å². The highest BCUT2D eigenvalue weighted by Crippen LogP contribution is 2.26. The second kappa shape index (κ2) is 9.34. The van der Waals surface area contributed by atoms with Crippen LogP contribution in [0.5, 0.6) is 0 Å². The number of esters is 1. The number of hydrogen-bond acceptors (Lipinski definition) is 5. The van der Waals surface area contributed by atoms with Crippen molar-refractivity contribution in [1.29, 1.82) is 0 Å². The first kappa shape index (κ1) is 23.8.